The van der Waals surface area contributed by atoms with Crippen molar-refractivity contribution in [1.82, 2.24) is 10.6 Å². The fourth-order valence-electron chi connectivity index (χ4n) is 3.36. The number of carbonyl (C=O) groups is 1. The van der Waals surface area contributed by atoms with Crippen LogP contribution in [0.2, 0.25) is 0 Å². The van der Waals surface area contributed by atoms with E-state index in [-0.39, 0.29) is 30.6 Å². The van der Waals surface area contributed by atoms with Crippen molar-refractivity contribution in [2.75, 3.05) is 11.3 Å². The first-order chi connectivity index (χ1) is 13.8. The number of benzene rings is 2. The van der Waals surface area contributed by atoms with E-state index < -0.39 is 27.1 Å². The van der Waals surface area contributed by atoms with Crippen molar-refractivity contribution in [2.45, 2.75) is 43.5 Å². The molecule has 2 aromatic carbocycles. The fourth-order valence-corrected chi connectivity index (χ4v) is 4.76. The van der Waals surface area contributed by atoms with Crippen molar-refractivity contribution in [3.05, 3.63) is 66.0 Å². The number of halogens is 1. The van der Waals surface area contributed by atoms with E-state index in [1.807, 2.05) is 37.3 Å². The molecule has 0 bridgehead atoms. The second kappa shape index (κ2) is 9.37. The number of amides is 1. The van der Waals surface area contributed by atoms with Crippen LogP contribution in [0.3, 0.4) is 0 Å². The first-order valence-corrected chi connectivity index (χ1v) is 11.2. The molecule has 0 spiro atoms. The minimum absolute atomic E-state index is 0.0308. The Kier molecular flexibility index (Phi) is 6.87. The van der Waals surface area contributed by atoms with Gasteiger partial charge in [-0.1, -0.05) is 42.5 Å². The van der Waals surface area contributed by atoms with Crippen LogP contribution >= 0.6 is 0 Å². The van der Waals surface area contributed by atoms with Gasteiger partial charge in [0, 0.05) is 12.6 Å². The molecule has 29 heavy (non-hydrogen) atoms. The number of rotatable bonds is 8. The summed E-state index contributed by atoms with van der Waals surface area (Å²) in [4.78, 5) is 12.5. The van der Waals surface area contributed by atoms with Gasteiger partial charge in [-0.3, -0.25) is 9.52 Å². The molecule has 0 aromatic heterocycles. The van der Waals surface area contributed by atoms with Crippen molar-refractivity contribution in [3.8, 4) is 0 Å². The third-order valence-corrected chi connectivity index (χ3v) is 6.81. The highest BCUT2D eigenvalue weighted by Gasteiger charge is 2.37. The van der Waals surface area contributed by atoms with Gasteiger partial charge in [0.2, 0.25) is 15.9 Å². The largest absolute Gasteiger partial charge is 0.352 e. The van der Waals surface area contributed by atoms with Crippen LogP contribution < -0.4 is 15.4 Å². The summed E-state index contributed by atoms with van der Waals surface area (Å²) in [6.07, 6.45) is 1.78. The van der Waals surface area contributed by atoms with Crippen molar-refractivity contribution in [3.63, 3.8) is 0 Å². The summed E-state index contributed by atoms with van der Waals surface area (Å²) in [7, 11) is -3.81. The van der Waals surface area contributed by atoms with Gasteiger partial charge in [0.1, 0.15) is 5.82 Å². The van der Waals surface area contributed by atoms with E-state index in [4.69, 9.17) is 0 Å². The van der Waals surface area contributed by atoms with Gasteiger partial charge in [-0.2, -0.15) is 0 Å². The highest BCUT2D eigenvalue weighted by Crippen LogP contribution is 2.21. The molecule has 1 saturated heterocycles. The summed E-state index contributed by atoms with van der Waals surface area (Å²) in [5.74, 6) is -0.849. The highest BCUT2D eigenvalue weighted by atomic mass is 32.2. The number of nitrogens with one attached hydrogen (secondary N) is 3. The summed E-state index contributed by atoms with van der Waals surface area (Å²) in [5, 5.41) is 5.11. The number of hydrogen-bond donors (Lipinski definition) is 3. The van der Waals surface area contributed by atoms with E-state index >= 15 is 0 Å². The molecular weight excluding hydrogens is 393 g/mol. The number of anilines is 1. The smallest absolute Gasteiger partial charge is 0.237 e. The summed E-state index contributed by atoms with van der Waals surface area (Å²) in [5.41, 5.74) is 1.12. The van der Waals surface area contributed by atoms with Gasteiger partial charge in [0.25, 0.3) is 0 Å². The van der Waals surface area contributed by atoms with Crippen LogP contribution in [0.4, 0.5) is 10.1 Å². The number of aryl methyl sites for hydroxylation is 1. The van der Waals surface area contributed by atoms with Crippen LogP contribution in [0.5, 0.6) is 0 Å². The lowest BCUT2D eigenvalue weighted by Crippen LogP contribution is -2.44. The summed E-state index contributed by atoms with van der Waals surface area (Å²) >= 11 is 0. The zero-order valence-corrected chi connectivity index (χ0v) is 17.1. The Morgan fingerprint density at radius 2 is 1.86 bits per heavy atom. The van der Waals surface area contributed by atoms with E-state index in [9.17, 15) is 17.6 Å². The Bertz CT molecular complexity index is 937. The molecule has 8 heteroatoms. The molecule has 0 aliphatic carbocycles. The minimum Gasteiger partial charge on any atom is -0.352 e. The Morgan fingerprint density at radius 1 is 1.17 bits per heavy atom. The summed E-state index contributed by atoms with van der Waals surface area (Å²) in [6.45, 7) is 2.07. The van der Waals surface area contributed by atoms with E-state index in [0.717, 1.165) is 12.8 Å². The molecule has 1 heterocycles. The average Bonchev–Trinajstić information content (AvgIpc) is 3.20. The van der Waals surface area contributed by atoms with Crippen LogP contribution in [0, 0.1) is 5.82 Å². The van der Waals surface area contributed by atoms with Crippen LogP contribution in [0.25, 0.3) is 0 Å². The molecule has 6 nitrogen and oxygen atoms in total. The normalized spacial score (nSPS) is 20.2. The molecule has 3 N–H and O–H groups in total. The van der Waals surface area contributed by atoms with Crippen molar-refractivity contribution in [1.29, 1.82) is 0 Å². The number of hydrogen-bond acceptors (Lipinski definition) is 4. The second-order valence-corrected chi connectivity index (χ2v) is 9.34. The Labute approximate surface area is 171 Å². The van der Waals surface area contributed by atoms with Gasteiger partial charge in [0.15, 0.2) is 0 Å². The van der Waals surface area contributed by atoms with Crippen LogP contribution in [-0.4, -0.2) is 38.2 Å². The van der Waals surface area contributed by atoms with Crippen LogP contribution in [0.15, 0.2) is 54.6 Å². The molecule has 3 unspecified atom stereocenters. The summed E-state index contributed by atoms with van der Waals surface area (Å²) in [6, 6.07) is 15.0. The maximum Gasteiger partial charge on any atom is 0.237 e. The molecule has 2 aromatic rings. The molecule has 1 amide bonds. The zero-order valence-electron chi connectivity index (χ0n) is 16.3. The van der Waals surface area contributed by atoms with Gasteiger partial charge >= 0.3 is 0 Å². The lowest BCUT2D eigenvalue weighted by molar-refractivity contribution is -0.123. The van der Waals surface area contributed by atoms with Crippen molar-refractivity contribution >= 4 is 21.6 Å². The van der Waals surface area contributed by atoms with E-state index in [1.54, 1.807) is 6.07 Å². The monoisotopic (exact) mass is 419 g/mol. The predicted molar refractivity (Wildman–Crippen MR) is 112 cm³/mol. The first-order valence-electron chi connectivity index (χ1n) is 9.69. The van der Waals surface area contributed by atoms with E-state index in [1.165, 1.54) is 23.8 Å². The molecule has 0 radical (unpaired) electrons. The SMILES string of the molecule is CC(CCc1ccccc1)NC(=O)C1CC(S(=O)(=O)Nc2ccccc2F)CN1. The topological polar surface area (TPSA) is 87.3 Å². The van der Waals surface area contributed by atoms with Crippen molar-refractivity contribution < 1.29 is 17.6 Å². The number of para-hydroxylation sites is 1. The molecule has 1 aliphatic heterocycles. The molecule has 1 fully saturated rings. The third-order valence-electron chi connectivity index (χ3n) is 5.07. The van der Waals surface area contributed by atoms with Gasteiger partial charge < -0.3 is 10.6 Å². The van der Waals surface area contributed by atoms with Gasteiger partial charge in [-0.25, -0.2) is 12.8 Å². The predicted octanol–water partition coefficient (Wildman–Crippen LogP) is 2.44. The second-order valence-electron chi connectivity index (χ2n) is 7.38. The molecule has 0 saturated carbocycles. The Morgan fingerprint density at radius 3 is 2.59 bits per heavy atom. The molecule has 156 valence electrons. The van der Waals surface area contributed by atoms with Crippen molar-refractivity contribution in [2.24, 2.45) is 0 Å². The molecule has 3 atom stereocenters. The quantitative estimate of drug-likeness (QED) is 0.613. The van der Waals surface area contributed by atoms with Crippen LogP contribution in [-0.2, 0) is 21.2 Å². The maximum atomic E-state index is 13.7. The molecule has 1 aliphatic rings. The molecule has 3 rings (SSSR count). The average molecular weight is 420 g/mol. The maximum absolute atomic E-state index is 13.7. The minimum atomic E-state index is -3.81. The van der Waals surface area contributed by atoms with E-state index in [2.05, 4.69) is 15.4 Å². The lowest BCUT2D eigenvalue weighted by Gasteiger charge is -2.17. The third kappa shape index (κ3) is 5.77. The zero-order chi connectivity index (χ0) is 20.9. The van der Waals surface area contributed by atoms with Gasteiger partial charge in [-0.05, 0) is 43.9 Å². The Hall–Kier alpha value is -2.45. The lowest BCUT2D eigenvalue weighted by atomic mass is 10.1. The van der Waals surface area contributed by atoms with Gasteiger partial charge in [0.05, 0.1) is 17.0 Å². The fraction of sp³-hybridized carbons (Fsp3) is 0.381. The van der Waals surface area contributed by atoms with Crippen LogP contribution in [0.1, 0.15) is 25.3 Å². The first kappa shape index (κ1) is 21.3. The number of carbonyl (C=O) groups excluding carboxylic acids is 1. The Balaban J connectivity index is 1.50. The number of sulfonamides is 1. The highest BCUT2D eigenvalue weighted by molar-refractivity contribution is 7.93. The summed E-state index contributed by atoms with van der Waals surface area (Å²) < 4.78 is 41.1. The standard InChI is InChI=1S/C21H26FN3O3S/c1-15(11-12-16-7-3-2-4-8-16)24-21(26)20-13-17(14-23-20)29(27,28)25-19-10-6-5-9-18(19)22/h2-10,15,17,20,23,25H,11-14H2,1H3,(H,24,26). The van der Waals surface area contributed by atoms with Gasteiger partial charge in [-0.15, -0.1) is 0 Å². The molecular formula is C21H26FN3O3S. The van der Waals surface area contributed by atoms with E-state index in [0.29, 0.717) is 0 Å².